The zero-order valence-corrected chi connectivity index (χ0v) is 10.3. The van der Waals surface area contributed by atoms with Crippen LogP contribution < -0.4 is 4.74 Å². The van der Waals surface area contributed by atoms with Gasteiger partial charge in [-0.3, -0.25) is 4.90 Å². The van der Waals surface area contributed by atoms with Crippen LogP contribution in [0.25, 0.3) is 0 Å². The van der Waals surface area contributed by atoms with Crippen molar-refractivity contribution in [3.63, 3.8) is 0 Å². The topological polar surface area (TPSA) is 12.5 Å². The Bertz CT molecular complexity index is 347. The second-order valence-corrected chi connectivity index (χ2v) is 5.20. The minimum atomic E-state index is 0.316. The molecular weight excluding hydrogens is 210 g/mol. The highest BCUT2D eigenvalue weighted by molar-refractivity contribution is 5.21. The Hall–Kier alpha value is -1.02. The maximum absolute atomic E-state index is 6.15. The first-order valence-electron chi connectivity index (χ1n) is 6.91. The van der Waals surface area contributed by atoms with E-state index in [-0.39, 0.29) is 0 Å². The largest absolute Gasteiger partial charge is 0.475 e. The zero-order valence-electron chi connectivity index (χ0n) is 10.3. The van der Waals surface area contributed by atoms with Crippen LogP contribution in [0.3, 0.4) is 0 Å². The maximum Gasteiger partial charge on any atom is 0.152 e. The van der Waals surface area contributed by atoms with Crippen molar-refractivity contribution in [3.05, 3.63) is 30.3 Å². The van der Waals surface area contributed by atoms with Crippen molar-refractivity contribution in [2.45, 2.75) is 50.8 Å². The van der Waals surface area contributed by atoms with Crippen LogP contribution in [0, 0.1) is 0 Å². The van der Waals surface area contributed by atoms with Gasteiger partial charge in [-0.2, -0.15) is 0 Å². The molecule has 1 saturated heterocycles. The second-order valence-electron chi connectivity index (χ2n) is 5.20. The van der Waals surface area contributed by atoms with Crippen LogP contribution in [-0.4, -0.2) is 23.7 Å². The number of piperidine rings is 1. The first-order chi connectivity index (χ1) is 8.43. The normalized spacial score (nSPS) is 26.5. The van der Waals surface area contributed by atoms with Crippen LogP contribution in [0.2, 0.25) is 0 Å². The molecule has 0 spiro atoms. The molecule has 0 radical (unpaired) electrons. The standard InChI is InChI=1S/C15H21NO/c1-2-9-14(10-3-1)17-15-11-4-5-12-16(15)13-7-6-8-13/h1-3,9-10,13,15H,4-8,11-12H2. The molecule has 1 saturated carbocycles. The molecule has 2 nitrogen and oxygen atoms in total. The number of hydrogen-bond acceptors (Lipinski definition) is 2. The van der Waals surface area contributed by atoms with Crippen LogP contribution in [0.5, 0.6) is 5.75 Å². The highest BCUT2D eigenvalue weighted by Crippen LogP contribution is 2.31. The lowest BCUT2D eigenvalue weighted by atomic mass is 9.89. The average molecular weight is 231 g/mol. The fourth-order valence-electron chi connectivity index (χ4n) is 2.84. The summed E-state index contributed by atoms with van der Waals surface area (Å²) in [6.45, 7) is 1.22. The average Bonchev–Trinajstić information content (AvgIpc) is 2.31. The molecule has 92 valence electrons. The quantitative estimate of drug-likeness (QED) is 0.790. The highest BCUT2D eigenvalue weighted by atomic mass is 16.5. The SMILES string of the molecule is c1ccc(OC2CCCCN2C2CCC2)cc1. The van der Waals surface area contributed by atoms with Crippen molar-refractivity contribution in [1.82, 2.24) is 4.90 Å². The Morgan fingerprint density at radius 3 is 2.47 bits per heavy atom. The molecule has 1 aromatic rings. The van der Waals surface area contributed by atoms with Crippen LogP contribution in [0.4, 0.5) is 0 Å². The van der Waals surface area contributed by atoms with Gasteiger partial charge in [0.05, 0.1) is 0 Å². The van der Waals surface area contributed by atoms with Crippen molar-refractivity contribution in [2.24, 2.45) is 0 Å². The summed E-state index contributed by atoms with van der Waals surface area (Å²) >= 11 is 0. The van der Waals surface area contributed by atoms with E-state index in [4.69, 9.17) is 4.74 Å². The number of rotatable bonds is 3. The first-order valence-corrected chi connectivity index (χ1v) is 6.91. The van der Waals surface area contributed by atoms with E-state index in [1.54, 1.807) is 0 Å². The summed E-state index contributed by atoms with van der Waals surface area (Å²) in [7, 11) is 0. The summed E-state index contributed by atoms with van der Waals surface area (Å²) < 4.78 is 6.15. The molecule has 2 heteroatoms. The van der Waals surface area contributed by atoms with Gasteiger partial charge in [0, 0.05) is 12.6 Å². The van der Waals surface area contributed by atoms with E-state index < -0.39 is 0 Å². The fraction of sp³-hybridized carbons (Fsp3) is 0.600. The number of likely N-dealkylation sites (tertiary alicyclic amines) is 1. The lowest BCUT2D eigenvalue weighted by molar-refractivity contribution is -0.0523. The molecule has 1 aliphatic heterocycles. The Morgan fingerprint density at radius 1 is 0.941 bits per heavy atom. The molecule has 2 aliphatic rings. The van der Waals surface area contributed by atoms with E-state index in [2.05, 4.69) is 17.0 Å². The van der Waals surface area contributed by atoms with Gasteiger partial charge in [-0.1, -0.05) is 24.6 Å². The highest BCUT2D eigenvalue weighted by Gasteiger charge is 2.33. The van der Waals surface area contributed by atoms with Gasteiger partial charge in [-0.15, -0.1) is 0 Å². The van der Waals surface area contributed by atoms with Gasteiger partial charge in [-0.05, 0) is 44.2 Å². The van der Waals surface area contributed by atoms with Gasteiger partial charge in [0.15, 0.2) is 6.23 Å². The molecule has 1 heterocycles. The molecule has 1 unspecified atom stereocenters. The third kappa shape index (κ3) is 2.47. The Kier molecular flexibility index (Phi) is 3.32. The molecule has 17 heavy (non-hydrogen) atoms. The number of ether oxygens (including phenoxy) is 1. The van der Waals surface area contributed by atoms with Crippen LogP contribution in [0.15, 0.2) is 30.3 Å². The molecule has 0 N–H and O–H groups in total. The minimum Gasteiger partial charge on any atom is -0.475 e. The number of hydrogen-bond donors (Lipinski definition) is 0. The van der Waals surface area contributed by atoms with Gasteiger partial charge in [0.25, 0.3) is 0 Å². The Balaban J connectivity index is 1.66. The molecule has 2 fully saturated rings. The predicted octanol–water partition coefficient (Wildman–Crippen LogP) is 3.43. The smallest absolute Gasteiger partial charge is 0.152 e. The third-order valence-electron chi connectivity index (χ3n) is 4.05. The summed E-state index contributed by atoms with van der Waals surface area (Å²) in [6, 6.07) is 11.1. The molecule has 0 aromatic heterocycles. The van der Waals surface area contributed by atoms with Crippen molar-refractivity contribution in [3.8, 4) is 5.75 Å². The van der Waals surface area contributed by atoms with Gasteiger partial charge in [-0.25, -0.2) is 0 Å². The molecule has 0 amide bonds. The lowest BCUT2D eigenvalue weighted by Crippen LogP contribution is -2.51. The number of nitrogens with zero attached hydrogens (tertiary/aromatic N) is 1. The fourth-order valence-corrected chi connectivity index (χ4v) is 2.84. The lowest BCUT2D eigenvalue weighted by Gasteiger charge is -2.44. The molecule has 3 rings (SSSR count). The van der Waals surface area contributed by atoms with Gasteiger partial charge >= 0.3 is 0 Å². The number of benzene rings is 1. The molecule has 0 bridgehead atoms. The van der Waals surface area contributed by atoms with Gasteiger partial charge < -0.3 is 4.74 Å². The van der Waals surface area contributed by atoms with Crippen LogP contribution in [-0.2, 0) is 0 Å². The molecule has 1 atom stereocenters. The van der Waals surface area contributed by atoms with E-state index in [0.29, 0.717) is 6.23 Å². The van der Waals surface area contributed by atoms with E-state index >= 15 is 0 Å². The van der Waals surface area contributed by atoms with E-state index in [1.807, 2.05) is 18.2 Å². The summed E-state index contributed by atoms with van der Waals surface area (Å²) in [5.74, 6) is 1.02. The first kappa shape index (κ1) is 11.1. The van der Waals surface area contributed by atoms with Crippen molar-refractivity contribution in [1.29, 1.82) is 0 Å². The summed E-state index contributed by atoms with van der Waals surface area (Å²) in [5.41, 5.74) is 0. The second kappa shape index (κ2) is 5.09. The van der Waals surface area contributed by atoms with Crippen molar-refractivity contribution < 1.29 is 4.74 Å². The predicted molar refractivity (Wildman–Crippen MR) is 69.1 cm³/mol. The van der Waals surface area contributed by atoms with Crippen LogP contribution in [0.1, 0.15) is 38.5 Å². The monoisotopic (exact) mass is 231 g/mol. The number of para-hydroxylation sites is 1. The maximum atomic E-state index is 6.15. The Morgan fingerprint density at radius 2 is 1.76 bits per heavy atom. The van der Waals surface area contributed by atoms with Gasteiger partial charge in [0.2, 0.25) is 0 Å². The third-order valence-corrected chi connectivity index (χ3v) is 4.05. The van der Waals surface area contributed by atoms with Crippen molar-refractivity contribution >= 4 is 0 Å². The van der Waals surface area contributed by atoms with E-state index in [9.17, 15) is 0 Å². The summed E-state index contributed by atoms with van der Waals surface area (Å²) in [6.07, 6.45) is 8.29. The van der Waals surface area contributed by atoms with E-state index in [0.717, 1.165) is 11.8 Å². The van der Waals surface area contributed by atoms with Gasteiger partial charge in [0.1, 0.15) is 5.75 Å². The zero-order chi connectivity index (χ0) is 11.5. The summed E-state index contributed by atoms with van der Waals surface area (Å²) in [5, 5.41) is 0. The molecule has 1 aromatic carbocycles. The summed E-state index contributed by atoms with van der Waals surface area (Å²) in [4.78, 5) is 2.60. The van der Waals surface area contributed by atoms with Crippen molar-refractivity contribution in [2.75, 3.05) is 6.54 Å². The molecular formula is C15H21NO. The van der Waals surface area contributed by atoms with E-state index in [1.165, 1.54) is 45.1 Å². The molecule has 1 aliphatic carbocycles. The Labute approximate surface area is 104 Å². The minimum absolute atomic E-state index is 0.316. The van der Waals surface area contributed by atoms with Crippen LogP contribution >= 0.6 is 0 Å².